The van der Waals surface area contributed by atoms with Gasteiger partial charge in [-0.15, -0.1) is 0 Å². The number of benzene rings is 1. The summed E-state index contributed by atoms with van der Waals surface area (Å²) in [6, 6.07) is 8.27. The molecule has 0 N–H and O–H groups in total. The first kappa shape index (κ1) is 7.68. The SMILES string of the molecule is C1=Nc2c(ccc3ncccc23)CC1. The van der Waals surface area contributed by atoms with E-state index < -0.39 is 0 Å². The van der Waals surface area contributed by atoms with Crippen LogP contribution in [-0.2, 0) is 6.42 Å². The maximum absolute atomic E-state index is 4.46. The first-order chi connectivity index (χ1) is 6.95. The summed E-state index contributed by atoms with van der Waals surface area (Å²) in [6.07, 6.45) is 5.97. The maximum atomic E-state index is 4.46. The molecule has 0 fully saturated rings. The van der Waals surface area contributed by atoms with Gasteiger partial charge in [0, 0.05) is 17.8 Å². The molecule has 14 heavy (non-hydrogen) atoms. The number of aromatic nitrogens is 1. The standard InChI is InChI=1S/C12H10N2/c1-3-9-5-6-11-10(4-2-7-13-11)12(9)14-8-1/h2,4-8H,1,3H2. The predicted molar refractivity (Wildman–Crippen MR) is 58.2 cm³/mol. The monoisotopic (exact) mass is 182 g/mol. The Morgan fingerprint density at radius 3 is 3.14 bits per heavy atom. The van der Waals surface area contributed by atoms with E-state index in [1.807, 2.05) is 18.5 Å². The molecule has 68 valence electrons. The lowest BCUT2D eigenvalue weighted by Crippen LogP contribution is -1.94. The Balaban J connectivity index is 2.42. The molecule has 1 aromatic heterocycles. The second-order valence-corrected chi connectivity index (χ2v) is 3.49. The summed E-state index contributed by atoms with van der Waals surface area (Å²) in [5, 5.41) is 1.17. The molecular formula is C12H10N2. The Morgan fingerprint density at radius 2 is 2.14 bits per heavy atom. The minimum Gasteiger partial charge on any atom is -0.260 e. The first-order valence-corrected chi connectivity index (χ1v) is 4.84. The number of nitrogens with zero attached hydrogens (tertiary/aromatic N) is 2. The Hall–Kier alpha value is -1.70. The Morgan fingerprint density at radius 1 is 1.14 bits per heavy atom. The van der Waals surface area contributed by atoms with E-state index in [0.717, 1.165) is 24.0 Å². The highest BCUT2D eigenvalue weighted by Gasteiger charge is 2.08. The molecule has 0 saturated carbocycles. The van der Waals surface area contributed by atoms with Gasteiger partial charge in [0.25, 0.3) is 0 Å². The van der Waals surface area contributed by atoms with Crippen LogP contribution in [0.4, 0.5) is 5.69 Å². The van der Waals surface area contributed by atoms with Crippen molar-refractivity contribution in [2.45, 2.75) is 12.8 Å². The number of aryl methyl sites for hydroxylation is 1. The minimum absolute atomic E-state index is 1.03. The van der Waals surface area contributed by atoms with Gasteiger partial charge in [-0.1, -0.05) is 6.07 Å². The number of fused-ring (bicyclic) bond motifs is 3. The van der Waals surface area contributed by atoms with Gasteiger partial charge in [-0.3, -0.25) is 9.98 Å². The Bertz CT molecular complexity index is 515. The maximum Gasteiger partial charge on any atom is 0.0751 e. The molecule has 0 bridgehead atoms. The zero-order chi connectivity index (χ0) is 9.38. The third kappa shape index (κ3) is 1.04. The average Bonchev–Trinajstić information content (AvgIpc) is 2.29. The molecule has 2 heteroatoms. The van der Waals surface area contributed by atoms with Crippen LogP contribution >= 0.6 is 0 Å². The fourth-order valence-electron chi connectivity index (χ4n) is 1.91. The van der Waals surface area contributed by atoms with Crippen LogP contribution in [0.3, 0.4) is 0 Å². The number of hydrogen-bond acceptors (Lipinski definition) is 2. The lowest BCUT2D eigenvalue weighted by molar-refractivity contribution is 1.03. The summed E-state index contributed by atoms with van der Waals surface area (Å²) >= 11 is 0. The predicted octanol–water partition coefficient (Wildman–Crippen LogP) is 2.88. The molecule has 0 saturated heterocycles. The molecule has 0 aliphatic carbocycles. The van der Waals surface area contributed by atoms with Gasteiger partial charge in [-0.25, -0.2) is 0 Å². The van der Waals surface area contributed by atoms with Crippen molar-refractivity contribution >= 4 is 22.8 Å². The van der Waals surface area contributed by atoms with Crippen LogP contribution in [0.5, 0.6) is 0 Å². The van der Waals surface area contributed by atoms with Crippen LogP contribution in [0.25, 0.3) is 10.9 Å². The van der Waals surface area contributed by atoms with Gasteiger partial charge >= 0.3 is 0 Å². The van der Waals surface area contributed by atoms with E-state index >= 15 is 0 Å². The van der Waals surface area contributed by atoms with E-state index in [9.17, 15) is 0 Å². The highest BCUT2D eigenvalue weighted by Crippen LogP contribution is 2.31. The van der Waals surface area contributed by atoms with Crippen molar-refractivity contribution in [3.8, 4) is 0 Å². The lowest BCUT2D eigenvalue weighted by Gasteiger charge is -2.11. The second kappa shape index (κ2) is 2.91. The highest BCUT2D eigenvalue weighted by atomic mass is 14.8. The molecule has 2 heterocycles. The van der Waals surface area contributed by atoms with Crippen molar-refractivity contribution in [3.05, 3.63) is 36.0 Å². The minimum atomic E-state index is 1.03. The van der Waals surface area contributed by atoms with Crippen LogP contribution in [0.2, 0.25) is 0 Å². The molecule has 1 aromatic carbocycles. The number of hydrogen-bond donors (Lipinski definition) is 0. The van der Waals surface area contributed by atoms with Crippen molar-refractivity contribution < 1.29 is 0 Å². The molecule has 0 unspecified atom stereocenters. The lowest BCUT2D eigenvalue weighted by atomic mass is 10.0. The van der Waals surface area contributed by atoms with Gasteiger partial charge in [0.15, 0.2) is 0 Å². The van der Waals surface area contributed by atoms with Crippen LogP contribution < -0.4 is 0 Å². The molecule has 1 aliphatic rings. The fourth-order valence-corrected chi connectivity index (χ4v) is 1.91. The van der Waals surface area contributed by atoms with Crippen molar-refractivity contribution in [2.24, 2.45) is 4.99 Å². The first-order valence-electron chi connectivity index (χ1n) is 4.84. The van der Waals surface area contributed by atoms with E-state index in [4.69, 9.17) is 0 Å². The average molecular weight is 182 g/mol. The highest BCUT2D eigenvalue weighted by molar-refractivity contribution is 5.93. The van der Waals surface area contributed by atoms with Crippen molar-refractivity contribution in [2.75, 3.05) is 0 Å². The van der Waals surface area contributed by atoms with Crippen molar-refractivity contribution in [1.82, 2.24) is 4.98 Å². The Kier molecular flexibility index (Phi) is 1.60. The zero-order valence-corrected chi connectivity index (χ0v) is 7.77. The second-order valence-electron chi connectivity index (χ2n) is 3.49. The van der Waals surface area contributed by atoms with Gasteiger partial charge in [0.1, 0.15) is 0 Å². The third-order valence-corrected chi connectivity index (χ3v) is 2.60. The normalized spacial score (nSPS) is 14.3. The number of rotatable bonds is 0. The summed E-state index contributed by atoms with van der Waals surface area (Å²) in [4.78, 5) is 8.77. The smallest absolute Gasteiger partial charge is 0.0751 e. The molecular weight excluding hydrogens is 172 g/mol. The Labute approximate surface area is 82.3 Å². The van der Waals surface area contributed by atoms with Crippen LogP contribution in [0.15, 0.2) is 35.5 Å². The molecule has 1 aliphatic heterocycles. The van der Waals surface area contributed by atoms with Gasteiger partial charge in [-0.2, -0.15) is 0 Å². The van der Waals surface area contributed by atoms with Gasteiger partial charge in [0.2, 0.25) is 0 Å². The molecule has 3 rings (SSSR count). The molecule has 0 spiro atoms. The van der Waals surface area contributed by atoms with Crippen molar-refractivity contribution in [1.29, 1.82) is 0 Å². The summed E-state index contributed by atoms with van der Waals surface area (Å²) in [7, 11) is 0. The molecule has 0 radical (unpaired) electrons. The summed E-state index contributed by atoms with van der Waals surface area (Å²) in [5.74, 6) is 0. The topological polar surface area (TPSA) is 25.2 Å². The fraction of sp³-hybridized carbons (Fsp3) is 0.167. The summed E-state index contributed by atoms with van der Waals surface area (Å²) in [5.41, 5.74) is 3.49. The van der Waals surface area contributed by atoms with Gasteiger partial charge < -0.3 is 0 Å². The molecule has 2 aromatic rings. The number of aliphatic imine (C=N–C) groups is 1. The quantitative estimate of drug-likeness (QED) is 0.615. The van der Waals surface area contributed by atoms with E-state index in [1.165, 1.54) is 10.9 Å². The molecule has 0 atom stereocenters. The summed E-state index contributed by atoms with van der Waals surface area (Å²) < 4.78 is 0. The van der Waals surface area contributed by atoms with Crippen LogP contribution in [0, 0.1) is 0 Å². The summed E-state index contributed by atoms with van der Waals surface area (Å²) in [6.45, 7) is 0. The van der Waals surface area contributed by atoms with Gasteiger partial charge in [0.05, 0.1) is 11.2 Å². The number of pyridine rings is 1. The van der Waals surface area contributed by atoms with Crippen LogP contribution in [0.1, 0.15) is 12.0 Å². The van der Waals surface area contributed by atoms with Gasteiger partial charge in [-0.05, 0) is 36.6 Å². The van der Waals surface area contributed by atoms with Crippen molar-refractivity contribution in [3.63, 3.8) is 0 Å². The van der Waals surface area contributed by atoms with E-state index in [-0.39, 0.29) is 0 Å². The van der Waals surface area contributed by atoms with Crippen LogP contribution in [-0.4, -0.2) is 11.2 Å². The van der Waals surface area contributed by atoms with E-state index in [2.05, 4.69) is 28.2 Å². The third-order valence-electron chi connectivity index (χ3n) is 2.60. The molecule has 2 nitrogen and oxygen atoms in total. The largest absolute Gasteiger partial charge is 0.260 e. The molecule has 0 amide bonds. The zero-order valence-electron chi connectivity index (χ0n) is 7.77. The van der Waals surface area contributed by atoms with E-state index in [0.29, 0.717) is 0 Å². The van der Waals surface area contributed by atoms with E-state index in [1.54, 1.807) is 0 Å².